The van der Waals surface area contributed by atoms with Crippen LogP contribution in [0, 0.1) is 5.92 Å². The van der Waals surface area contributed by atoms with E-state index in [1.165, 1.54) is 40.6 Å². The van der Waals surface area contributed by atoms with Gasteiger partial charge in [-0.2, -0.15) is 0 Å². The lowest BCUT2D eigenvalue weighted by Crippen LogP contribution is -2.52. The molecule has 0 unspecified atom stereocenters. The Morgan fingerprint density at radius 3 is 1.91 bits per heavy atom. The lowest BCUT2D eigenvalue weighted by atomic mass is 10.0. The van der Waals surface area contributed by atoms with Crippen molar-refractivity contribution in [2.75, 3.05) is 28.4 Å². The Bertz CT molecular complexity index is 829. The topological polar surface area (TPSA) is 149 Å². The Kier molecular flexibility index (Phi) is 11.0. The van der Waals surface area contributed by atoms with Gasteiger partial charge in [0.25, 0.3) is 5.91 Å². The van der Waals surface area contributed by atoms with E-state index in [-0.39, 0.29) is 41.6 Å². The van der Waals surface area contributed by atoms with Crippen molar-refractivity contribution in [1.82, 2.24) is 10.6 Å². The number of hydrogen-bond donors (Lipinski definition) is 3. The molecular weight excluding hydrogens is 436 g/mol. The number of rotatable bonds is 13. The number of methoxy groups -OCH3 is 4. The first-order chi connectivity index (χ1) is 15.6. The second-order valence-electron chi connectivity index (χ2n) is 7.59. The zero-order valence-corrected chi connectivity index (χ0v) is 19.7. The molecule has 2 amide bonds. The number of carboxylic acid groups (broad SMARTS) is 1. The molecule has 33 heavy (non-hydrogen) atoms. The van der Waals surface area contributed by atoms with Gasteiger partial charge in [-0.25, -0.2) is 4.79 Å². The average molecular weight is 469 g/mol. The van der Waals surface area contributed by atoms with Gasteiger partial charge in [0.1, 0.15) is 12.1 Å². The van der Waals surface area contributed by atoms with Gasteiger partial charge in [-0.3, -0.25) is 14.4 Å². The first-order valence-corrected chi connectivity index (χ1v) is 10.3. The molecule has 1 aromatic rings. The van der Waals surface area contributed by atoms with Crippen LogP contribution in [-0.2, 0) is 19.1 Å². The molecule has 11 heteroatoms. The SMILES string of the molecule is COC(=O)[C@@H](CC(C)C)NC(=O)[C@H](CCC(=O)O)NC(=O)c1cc(OC)c(OC)c(OC)c1. The molecule has 0 aliphatic rings. The number of hydrogen-bond acceptors (Lipinski definition) is 8. The standard InChI is InChI=1S/C22H32N2O9/c1-12(2)9-15(22(29)33-6)24-21(28)14(7-8-18(25)26)23-20(27)13-10-16(30-3)19(32-5)17(11-13)31-4/h10-12,14-15H,7-9H2,1-6H3,(H,23,27)(H,24,28)(H,25,26)/t14-,15+/m0/s1. The number of nitrogens with one attached hydrogen (secondary N) is 2. The molecule has 184 valence electrons. The zero-order chi connectivity index (χ0) is 25.1. The third-order valence-corrected chi connectivity index (χ3v) is 4.70. The third kappa shape index (κ3) is 8.17. The van der Waals surface area contributed by atoms with Crippen LogP contribution in [0.25, 0.3) is 0 Å². The molecule has 2 atom stereocenters. The summed E-state index contributed by atoms with van der Waals surface area (Å²) < 4.78 is 20.4. The quantitative estimate of drug-likeness (QED) is 0.365. The van der Waals surface area contributed by atoms with Crippen molar-refractivity contribution >= 4 is 23.8 Å². The van der Waals surface area contributed by atoms with Crippen molar-refractivity contribution in [2.24, 2.45) is 5.92 Å². The normalized spacial score (nSPS) is 12.3. The highest BCUT2D eigenvalue weighted by Gasteiger charge is 2.29. The van der Waals surface area contributed by atoms with E-state index in [4.69, 9.17) is 24.1 Å². The van der Waals surface area contributed by atoms with E-state index < -0.39 is 35.8 Å². The largest absolute Gasteiger partial charge is 0.493 e. The van der Waals surface area contributed by atoms with Gasteiger partial charge in [-0.15, -0.1) is 0 Å². The molecular formula is C22H32N2O9. The van der Waals surface area contributed by atoms with E-state index in [9.17, 15) is 19.2 Å². The molecule has 0 saturated carbocycles. The maximum absolute atomic E-state index is 12.9. The molecule has 0 spiro atoms. The average Bonchev–Trinajstić information content (AvgIpc) is 2.78. The fourth-order valence-corrected chi connectivity index (χ4v) is 3.09. The smallest absolute Gasteiger partial charge is 0.328 e. The Morgan fingerprint density at radius 2 is 1.48 bits per heavy atom. The van der Waals surface area contributed by atoms with Crippen molar-refractivity contribution in [3.05, 3.63) is 17.7 Å². The second kappa shape index (κ2) is 13.1. The summed E-state index contributed by atoms with van der Waals surface area (Å²) in [5.74, 6) is -2.32. The van der Waals surface area contributed by atoms with E-state index in [0.717, 1.165) is 0 Å². The van der Waals surface area contributed by atoms with Crippen molar-refractivity contribution in [3.63, 3.8) is 0 Å². The molecule has 0 aliphatic heterocycles. The van der Waals surface area contributed by atoms with E-state index in [2.05, 4.69) is 10.6 Å². The number of carbonyl (C=O) groups is 4. The fourth-order valence-electron chi connectivity index (χ4n) is 3.09. The summed E-state index contributed by atoms with van der Waals surface area (Å²) in [5, 5.41) is 14.1. The molecule has 1 rings (SSSR count). The highest BCUT2D eigenvalue weighted by molar-refractivity contribution is 5.99. The molecule has 1 aromatic carbocycles. The summed E-state index contributed by atoms with van der Waals surface area (Å²) in [6.07, 6.45) is -0.252. The third-order valence-electron chi connectivity index (χ3n) is 4.70. The zero-order valence-electron chi connectivity index (χ0n) is 19.7. The number of benzene rings is 1. The summed E-state index contributed by atoms with van der Waals surface area (Å²) in [4.78, 5) is 48.9. The lowest BCUT2D eigenvalue weighted by molar-refractivity contribution is -0.146. The fraction of sp³-hybridized carbons (Fsp3) is 0.545. The molecule has 0 bridgehead atoms. The Labute approximate surface area is 192 Å². The lowest BCUT2D eigenvalue weighted by Gasteiger charge is -2.23. The van der Waals surface area contributed by atoms with Crippen LogP contribution in [0.3, 0.4) is 0 Å². The van der Waals surface area contributed by atoms with E-state index in [1.54, 1.807) is 0 Å². The molecule has 3 N–H and O–H groups in total. The van der Waals surface area contributed by atoms with Crippen LogP contribution in [0.2, 0.25) is 0 Å². The van der Waals surface area contributed by atoms with Crippen LogP contribution in [0.15, 0.2) is 12.1 Å². The molecule has 0 saturated heterocycles. The highest BCUT2D eigenvalue weighted by atomic mass is 16.5. The molecule has 0 aromatic heterocycles. The minimum atomic E-state index is -1.22. The first-order valence-electron chi connectivity index (χ1n) is 10.3. The van der Waals surface area contributed by atoms with Gasteiger partial charge in [0.15, 0.2) is 11.5 Å². The maximum atomic E-state index is 12.9. The molecule has 0 fully saturated rings. The predicted molar refractivity (Wildman–Crippen MR) is 118 cm³/mol. The van der Waals surface area contributed by atoms with Crippen LogP contribution < -0.4 is 24.8 Å². The Morgan fingerprint density at radius 1 is 0.909 bits per heavy atom. The van der Waals surface area contributed by atoms with E-state index in [0.29, 0.717) is 6.42 Å². The highest BCUT2D eigenvalue weighted by Crippen LogP contribution is 2.38. The van der Waals surface area contributed by atoms with Crippen LogP contribution in [-0.4, -0.2) is 69.4 Å². The predicted octanol–water partition coefficient (Wildman–Crippen LogP) is 1.38. The van der Waals surface area contributed by atoms with Gasteiger partial charge in [-0.1, -0.05) is 13.8 Å². The number of esters is 1. The van der Waals surface area contributed by atoms with Crippen LogP contribution in [0.4, 0.5) is 0 Å². The number of carboxylic acids is 1. The summed E-state index contributed by atoms with van der Waals surface area (Å²) in [5.41, 5.74) is 0.101. The van der Waals surface area contributed by atoms with Crippen molar-refractivity contribution in [3.8, 4) is 17.2 Å². The van der Waals surface area contributed by atoms with Gasteiger partial charge < -0.3 is 34.7 Å². The van der Waals surface area contributed by atoms with Crippen molar-refractivity contribution < 1.29 is 43.2 Å². The van der Waals surface area contributed by atoms with Gasteiger partial charge in [0.05, 0.1) is 28.4 Å². The van der Waals surface area contributed by atoms with Gasteiger partial charge in [-0.05, 0) is 30.9 Å². The van der Waals surface area contributed by atoms with Crippen LogP contribution >= 0.6 is 0 Å². The van der Waals surface area contributed by atoms with E-state index >= 15 is 0 Å². The van der Waals surface area contributed by atoms with Gasteiger partial charge >= 0.3 is 11.9 Å². The van der Waals surface area contributed by atoms with Gasteiger partial charge in [0, 0.05) is 12.0 Å². The maximum Gasteiger partial charge on any atom is 0.328 e. The second-order valence-corrected chi connectivity index (χ2v) is 7.59. The number of ether oxygens (including phenoxy) is 4. The summed E-state index contributed by atoms with van der Waals surface area (Å²) in [6.45, 7) is 3.74. The summed E-state index contributed by atoms with van der Waals surface area (Å²) in [7, 11) is 5.41. The molecule has 0 aliphatic carbocycles. The number of aliphatic carboxylic acids is 1. The Hall–Kier alpha value is -3.50. The monoisotopic (exact) mass is 468 g/mol. The Balaban J connectivity index is 3.17. The van der Waals surface area contributed by atoms with Crippen molar-refractivity contribution in [2.45, 2.75) is 45.2 Å². The molecule has 0 heterocycles. The number of carbonyl (C=O) groups excluding carboxylic acids is 3. The minimum absolute atomic E-state index is 0.0701. The minimum Gasteiger partial charge on any atom is -0.493 e. The van der Waals surface area contributed by atoms with Crippen LogP contribution in [0.5, 0.6) is 17.2 Å². The summed E-state index contributed by atoms with van der Waals surface area (Å²) in [6, 6.07) is 0.650. The summed E-state index contributed by atoms with van der Waals surface area (Å²) >= 11 is 0. The first kappa shape index (κ1) is 27.5. The van der Waals surface area contributed by atoms with Crippen molar-refractivity contribution in [1.29, 1.82) is 0 Å². The van der Waals surface area contributed by atoms with Gasteiger partial charge in [0.2, 0.25) is 11.7 Å². The van der Waals surface area contributed by atoms with Crippen LogP contribution in [0.1, 0.15) is 43.5 Å². The molecule has 0 radical (unpaired) electrons. The van der Waals surface area contributed by atoms with E-state index in [1.807, 2.05) is 13.8 Å². The molecule has 11 nitrogen and oxygen atoms in total. The number of amides is 2.